The zero-order valence-electron chi connectivity index (χ0n) is 11.4. The van der Waals surface area contributed by atoms with Crippen LogP contribution in [0.2, 0.25) is 0 Å². The summed E-state index contributed by atoms with van der Waals surface area (Å²) in [6.07, 6.45) is 2.41. The van der Waals surface area contributed by atoms with Crippen molar-refractivity contribution in [2.75, 3.05) is 12.9 Å². The number of Topliss-reactive ketones (excluding diaryl/α,β-unsaturated/α-hetero) is 1. The number of rotatable bonds is 5. The number of benzene rings is 1. The van der Waals surface area contributed by atoms with Crippen LogP contribution in [0.3, 0.4) is 0 Å². The van der Waals surface area contributed by atoms with Gasteiger partial charge in [0.05, 0.1) is 11.4 Å². The number of ketones is 1. The molecule has 6 heteroatoms. The molecular formula is C14H16O5S. The molecule has 0 unspecified atom stereocenters. The number of sulfone groups is 1. The van der Waals surface area contributed by atoms with Gasteiger partial charge in [-0.05, 0) is 25.3 Å². The Morgan fingerprint density at radius 3 is 2.15 bits per heavy atom. The highest BCUT2D eigenvalue weighted by Gasteiger charge is 2.53. The number of esters is 1. The molecule has 0 heterocycles. The van der Waals surface area contributed by atoms with Gasteiger partial charge >= 0.3 is 5.97 Å². The molecular weight excluding hydrogens is 280 g/mol. The Balaban J connectivity index is 2.24. The van der Waals surface area contributed by atoms with E-state index < -0.39 is 26.3 Å². The molecule has 1 aliphatic rings. The fourth-order valence-corrected chi connectivity index (χ4v) is 3.63. The first-order chi connectivity index (χ1) is 9.32. The molecule has 2 rings (SSSR count). The van der Waals surface area contributed by atoms with Crippen molar-refractivity contribution < 1.29 is 22.7 Å². The standard InChI is InChI=1S/C14H16O5S/c1-3-19-13(16)12(15)10-4-6-11(7-5-10)14(8-9-14)20(2,17)18/h4-7H,3,8-9H2,1-2H3. The zero-order valence-corrected chi connectivity index (χ0v) is 12.2. The quantitative estimate of drug-likeness (QED) is 0.467. The average Bonchev–Trinajstić information content (AvgIpc) is 3.19. The minimum atomic E-state index is -3.18. The lowest BCUT2D eigenvalue weighted by molar-refractivity contribution is -0.137. The summed E-state index contributed by atoms with van der Waals surface area (Å²) in [6.45, 7) is 1.76. The van der Waals surface area contributed by atoms with E-state index in [1.165, 1.54) is 18.4 Å². The maximum Gasteiger partial charge on any atom is 0.379 e. The van der Waals surface area contributed by atoms with Crippen molar-refractivity contribution in [1.29, 1.82) is 0 Å². The van der Waals surface area contributed by atoms with E-state index in [9.17, 15) is 18.0 Å². The van der Waals surface area contributed by atoms with E-state index in [4.69, 9.17) is 0 Å². The second-order valence-electron chi connectivity index (χ2n) is 4.89. The molecule has 1 aromatic rings. The molecule has 20 heavy (non-hydrogen) atoms. The van der Waals surface area contributed by atoms with Gasteiger partial charge in [0.15, 0.2) is 9.84 Å². The molecule has 0 spiro atoms. The Bertz CT molecular complexity index is 639. The molecule has 1 fully saturated rings. The minimum Gasteiger partial charge on any atom is -0.460 e. The van der Waals surface area contributed by atoms with Gasteiger partial charge in [0.2, 0.25) is 0 Å². The van der Waals surface area contributed by atoms with Crippen LogP contribution in [0, 0.1) is 0 Å². The highest BCUT2D eigenvalue weighted by Crippen LogP contribution is 2.52. The van der Waals surface area contributed by atoms with Crippen molar-refractivity contribution in [3.8, 4) is 0 Å². The maximum absolute atomic E-state index is 11.8. The third-order valence-corrected chi connectivity index (χ3v) is 5.61. The summed E-state index contributed by atoms with van der Waals surface area (Å²) < 4.78 is 27.4. The molecule has 0 radical (unpaired) electrons. The van der Waals surface area contributed by atoms with Gasteiger partial charge in [0.25, 0.3) is 5.78 Å². The van der Waals surface area contributed by atoms with Gasteiger partial charge in [-0.3, -0.25) is 4.79 Å². The topological polar surface area (TPSA) is 77.5 Å². The fourth-order valence-electron chi connectivity index (χ4n) is 2.23. The number of ether oxygens (including phenoxy) is 1. The number of hydrogen-bond donors (Lipinski definition) is 0. The fraction of sp³-hybridized carbons (Fsp3) is 0.429. The lowest BCUT2D eigenvalue weighted by Gasteiger charge is -2.13. The third kappa shape index (κ3) is 2.47. The second kappa shape index (κ2) is 5.01. The summed E-state index contributed by atoms with van der Waals surface area (Å²) in [7, 11) is -3.18. The van der Waals surface area contributed by atoms with Crippen LogP contribution in [0.15, 0.2) is 24.3 Å². The van der Waals surface area contributed by atoms with E-state index in [0.29, 0.717) is 18.4 Å². The first-order valence-corrected chi connectivity index (χ1v) is 8.22. The van der Waals surface area contributed by atoms with Crippen molar-refractivity contribution in [3.63, 3.8) is 0 Å². The number of carbonyl (C=O) groups excluding carboxylic acids is 2. The highest BCUT2D eigenvalue weighted by molar-refractivity contribution is 7.92. The molecule has 0 aliphatic heterocycles. The molecule has 1 aliphatic carbocycles. The molecule has 1 aromatic carbocycles. The van der Waals surface area contributed by atoms with E-state index in [-0.39, 0.29) is 12.2 Å². The summed E-state index contributed by atoms with van der Waals surface area (Å²) in [5.41, 5.74) is 0.872. The van der Waals surface area contributed by atoms with Crippen molar-refractivity contribution in [2.45, 2.75) is 24.5 Å². The van der Waals surface area contributed by atoms with Crippen LogP contribution in [0.1, 0.15) is 35.7 Å². The summed E-state index contributed by atoms with van der Waals surface area (Å²) >= 11 is 0. The SMILES string of the molecule is CCOC(=O)C(=O)c1ccc(C2(S(C)(=O)=O)CC2)cc1. The van der Waals surface area contributed by atoms with Gasteiger partial charge in [-0.25, -0.2) is 13.2 Å². The highest BCUT2D eigenvalue weighted by atomic mass is 32.2. The monoisotopic (exact) mass is 296 g/mol. The Morgan fingerprint density at radius 2 is 1.75 bits per heavy atom. The lowest BCUT2D eigenvalue weighted by atomic mass is 10.1. The van der Waals surface area contributed by atoms with Crippen LogP contribution in [0.4, 0.5) is 0 Å². The molecule has 0 saturated heterocycles. The molecule has 0 amide bonds. The smallest absolute Gasteiger partial charge is 0.379 e. The van der Waals surface area contributed by atoms with Crippen molar-refractivity contribution in [1.82, 2.24) is 0 Å². The van der Waals surface area contributed by atoms with E-state index >= 15 is 0 Å². The summed E-state index contributed by atoms with van der Waals surface area (Å²) in [5, 5.41) is 0. The molecule has 0 N–H and O–H groups in total. The first kappa shape index (κ1) is 14.7. The lowest BCUT2D eigenvalue weighted by Crippen LogP contribution is -2.20. The normalized spacial score (nSPS) is 16.5. The maximum atomic E-state index is 11.8. The van der Waals surface area contributed by atoms with Gasteiger partial charge in [-0.15, -0.1) is 0 Å². The van der Waals surface area contributed by atoms with Gasteiger partial charge in [-0.2, -0.15) is 0 Å². The van der Waals surface area contributed by atoms with Gasteiger partial charge in [0.1, 0.15) is 0 Å². The molecule has 5 nitrogen and oxygen atoms in total. The van der Waals surface area contributed by atoms with E-state index in [1.807, 2.05) is 0 Å². The first-order valence-electron chi connectivity index (χ1n) is 6.33. The molecule has 0 aromatic heterocycles. The Labute approximate surface area is 117 Å². The van der Waals surface area contributed by atoms with Crippen LogP contribution >= 0.6 is 0 Å². The van der Waals surface area contributed by atoms with Gasteiger partial charge in [-0.1, -0.05) is 24.3 Å². The van der Waals surface area contributed by atoms with Crippen molar-refractivity contribution in [2.24, 2.45) is 0 Å². The van der Waals surface area contributed by atoms with Crippen molar-refractivity contribution in [3.05, 3.63) is 35.4 Å². The van der Waals surface area contributed by atoms with Gasteiger partial charge in [0, 0.05) is 11.8 Å². The van der Waals surface area contributed by atoms with E-state index in [2.05, 4.69) is 4.74 Å². The Morgan fingerprint density at radius 1 is 1.20 bits per heavy atom. The summed E-state index contributed by atoms with van der Waals surface area (Å²) in [4.78, 5) is 23.0. The van der Waals surface area contributed by atoms with Crippen LogP contribution in [-0.4, -0.2) is 33.0 Å². The second-order valence-corrected chi connectivity index (χ2v) is 7.22. The molecule has 0 bridgehead atoms. The van der Waals surface area contributed by atoms with E-state index in [0.717, 1.165) is 0 Å². The number of hydrogen-bond acceptors (Lipinski definition) is 5. The summed E-state index contributed by atoms with van der Waals surface area (Å²) in [5.74, 6) is -1.62. The van der Waals surface area contributed by atoms with Crippen LogP contribution < -0.4 is 0 Å². The van der Waals surface area contributed by atoms with Crippen LogP contribution in [-0.2, 0) is 24.1 Å². The minimum absolute atomic E-state index is 0.139. The zero-order chi connectivity index (χ0) is 15.0. The Hall–Kier alpha value is -1.69. The largest absolute Gasteiger partial charge is 0.460 e. The van der Waals surface area contributed by atoms with Crippen molar-refractivity contribution >= 4 is 21.6 Å². The molecule has 1 saturated carbocycles. The molecule has 0 atom stereocenters. The Kier molecular flexibility index (Phi) is 3.69. The predicted octanol–water partition coefficient (Wildman–Crippen LogP) is 1.47. The van der Waals surface area contributed by atoms with E-state index in [1.54, 1.807) is 19.1 Å². The molecule has 108 valence electrons. The number of carbonyl (C=O) groups is 2. The third-order valence-electron chi connectivity index (χ3n) is 3.55. The predicted molar refractivity (Wildman–Crippen MR) is 73.2 cm³/mol. The van der Waals surface area contributed by atoms with Crippen LogP contribution in [0.5, 0.6) is 0 Å². The van der Waals surface area contributed by atoms with Crippen LogP contribution in [0.25, 0.3) is 0 Å². The van der Waals surface area contributed by atoms with Gasteiger partial charge < -0.3 is 4.74 Å². The average molecular weight is 296 g/mol. The summed E-state index contributed by atoms with van der Waals surface area (Å²) in [6, 6.07) is 6.14.